The molecule has 0 heterocycles. The van der Waals surface area contributed by atoms with Crippen molar-refractivity contribution in [2.75, 3.05) is 0 Å². The van der Waals surface area contributed by atoms with Gasteiger partial charge in [-0.25, -0.2) is 5.43 Å². The van der Waals surface area contributed by atoms with Gasteiger partial charge >= 0.3 is 0 Å². The van der Waals surface area contributed by atoms with Gasteiger partial charge in [0, 0.05) is 4.47 Å². The maximum atomic E-state index is 5.83. The van der Waals surface area contributed by atoms with Crippen molar-refractivity contribution in [1.29, 1.82) is 0 Å². The number of benzene rings is 1. The molecule has 104 valence electrons. The van der Waals surface area contributed by atoms with Crippen molar-refractivity contribution in [3.8, 4) is 0 Å². The van der Waals surface area contributed by atoms with Crippen LogP contribution < -0.4 is 11.3 Å². The molecular weight excluding hydrogens is 300 g/mol. The summed E-state index contributed by atoms with van der Waals surface area (Å²) in [5, 5.41) is 0. The first-order valence-electron chi connectivity index (χ1n) is 7.14. The summed E-state index contributed by atoms with van der Waals surface area (Å²) in [6.45, 7) is 2.12. The average Bonchev–Trinajstić information content (AvgIpc) is 2.37. The Hall–Kier alpha value is -0.640. The van der Waals surface area contributed by atoms with Gasteiger partial charge in [0.25, 0.3) is 0 Å². The molecule has 0 fully saturated rings. The summed E-state index contributed by atoms with van der Waals surface area (Å²) in [4.78, 5) is 0. The molecule has 0 amide bonds. The second-order valence-electron chi connectivity index (χ2n) is 5.31. The molecule has 0 spiro atoms. The Morgan fingerprint density at radius 3 is 2.79 bits per heavy atom. The molecule has 1 unspecified atom stereocenters. The van der Waals surface area contributed by atoms with Crippen LogP contribution in [-0.4, -0.2) is 0 Å². The number of rotatable bonds is 3. The van der Waals surface area contributed by atoms with Crippen LogP contribution in [0.15, 0.2) is 34.3 Å². The van der Waals surface area contributed by atoms with E-state index in [1.165, 1.54) is 53.3 Å². The number of aryl methyl sites for hydroxylation is 1. The molecule has 2 rings (SSSR count). The van der Waals surface area contributed by atoms with Crippen molar-refractivity contribution in [2.45, 2.75) is 51.5 Å². The number of hydrogen-bond donors (Lipinski definition) is 2. The topological polar surface area (TPSA) is 38.0 Å². The fourth-order valence-corrected chi connectivity index (χ4v) is 3.26. The quantitative estimate of drug-likeness (QED) is 0.487. The summed E-state index contributed by atoms with van der Waals surface area (Å²) in [6.07, 6.45) is 9.98. The van der Waals surface area contributed by atoms with Crippen molar-refractivity contribution in [1.82, 2.24) is 5.43 Å². The highest BCUT2D eigenvalue weighted by Crippen LogP contribution is 2.33. The number of allylic oxidation sites excluding steroid dienone is 1. The van der Waals surface area contributed by atoms with Crippen LogP contribution >= 0.6 is 15.9 Å². The van der Waals surface area contributed by atoms with E-state index in [1.54, 1.807) is 0 Å². The monoisotopic (exact) mass is 322 g/mol. The fraction of sp³-hybridized carbons (Fsp3) is 0.500. The van der Waals surface area contributed by atoms with Gasteiger partial charge in [0.1, 0.15) is 0 Å². The Labute approximate surface area is 124 Å². The van der Waals surface area contributed by atoms with Crippen molar-refractivity contribution in [2.24, 2.45) is 5.84 Å². The fourth-order valence-electron chi connectivity index (χ4n) is 2.77. The van der Waals surface area contributed by atoms with Gasteiger partial charge in [-0.3, -0.25) is 5.84 Å². The highest BCUT2D eigenvalue weighted by Gasteiger charge is 2.18. The molecule has 1 aromatic carbocycles. The van der Waals surface area contributed by atoms with Gasteiger partial charge in [-0.05, 0) is 43.7 Å². The minimum Gasteiger partial charge on any atom is -0.271 e. The van der Waals surface area contributed by atoms with Crippen LogP contribution in [-0.2, 0) is 0 Å². The largest absolute Gasteiger partial charge is 0.271 e. The first-order chi connectivity index (χ1) is 9.24. The Kier molecular flexibility index (Phi) is 5.61. The Balaban J connectivity index is 2.30. The van der Waals surface area contributed by atoms with Crippen molar-refractivity contribution in [3.05, 3.63) is 45.4 Å². The van der Waals surface area contributed by atoms with Crippen molar-refractivity contribution >= 4 is 15.9 Å². The summed E-state index contributed by atoms with van der Waals surface area (Å²) in [6, 6.07) is 6.50. The van der Waals surface area contributed by atoms with Crippen LogP contribution in [0.1, 0.15) is 55.7 Å². The third-order valence-corrected chi connectivity index (χ3v) is 4.98. The molecule has 19 heavy (non-hydrogen) atoms. The second kappa shape index (κ2) is 7.22. The predicted octanol–water partition coefficient (Wildman–Crippen LogP) is 4.54. The van der Waals surface area contributed by atoms with E-state index in [0.717, 1.165) is 6.42 Å². The first kappa shape index (κ1) is 14.8. The lowest BCUT2D eigenvalue weighted by atomic mass is 9.91. The maximum absolute atomic E-state index is 5.83. The number of hydrogen-bond acceptors (Lipinski definition) is 2. The van der Waals surface area contributed by atoms with Crippen LogP contribution in [0.5, 0.6) is 0 Å². The maximum Gasteiger partial charge on any atom is 0.0681 e. The lowest BCUT2D eigenvalue weighted by Gasteiger charge is -2.23. The normalized spacial score (nSPS) is 21.1. The zero-order valence-electron chi connectivity index (χ0n) is 11.6. The van der Waals surface area contributed by atoms with Crippen LogP contribution in [0, 0.1) is 6.92 Å². The average molecular weight is 323 g/mol. The molecule has 0 saturated carbocycles. The lowest BCUT2D eigenvalue weighted by Crippen LogP contribution is -2.30. The smallest absolute Gasteiger partial charge is 0.0681 e. The zero-order valence-corrected chi connectivity index (χ0v) is 13.2. The van der Waals surface area contributed by atoms with E-state index in [0.29, 0.717) is 0 Å². The van der Waals surface area contributed by atoms with Gasteiger partial charge in [0.15, 0.2) is 0 Å². The highest BCUT2D eigenvalue weighted by atomic mass is 79.9. The molecule has 3 heteroatoms. The van der Waals surface area contributed by atoms with Crippen LogP contribution in [0.25, 0.3) is 0 Å². The zero-order chi connectivity index (χ0) is 13.7. The molecule has 0 bridgehead atoms. The van der Waals surface area contributed by atoms with Crippen LogP contribution in [0.3, 0.4) is 0 Å². The Morgan fingerprint density at radius 2 is 2.00 bits per heavy atom. The van der Waals surface area contributed by atoms with E-state index in [1.807, 2.05) is 0 Å². The molecule has 0 aromatic heterocycles. The van der Waals surface area contributed by atoms with E-state index in [-0.39, 0.29) is 6.04 Å². The Bertz CT molecular complexity index is 454. The third-order valence-electron chi connectivity index (χ3n) is 3.90. The summed E-state index contributed by atoms with van der Waals surface area (Å²) in [5.41, 5.74) is 6.94. The molecule has 1 aromatic rings. The Morgan fingerprint density at radius 1 is 1.21 bits per heavy atom. The molecule has 3 N–H and O–H groups in total. The van der Waals surface area contributed by atoms with Gasteiger partial charge < -0.3 is 0 Å². The first-order valence-corrected chi connectivity index (χ1v) is 7.93. The third kappa shape index (κ3) is 3.68. The summed E-state index contributed by atoms with van der Waals surface area (Å²) < 4.78 is 1.17. The van der Waals surface area contributed by atoms with E-state index in [9.17, 15) is 0 Å². The van der Waals surface area contributed by atoms with E-state index >= 15 is 0 Å². The minimum absolute atomic E-state index is 0.132. The summed E-state index contributed by atoms with van der Waals surface area (Å²) in [7, 11) is 0. The van der Waals surface area contributed by atoms with E-state index < -0.39 is 0 Å². The standard InChI is InChI=1S/C16H23BrN2/c1-12-8-7-11-14(15(12)17)16(19-18)13-9-5-3-2-4-6-10-13/h7-9,11,16,19H,2-6,10,18H2,1H3/b13-9+. The summed E-state index contributed by atoms with van der Waals surface area (Å²) in [5.74, 6) is 5.83. The van der Waals surface area contributed by atoms with Crippen molar-refractivity contribution < 1.29 is 0 Å². The SMILES string of the molecule is Cc1cccc(C(NN)/C2=C/CCCCCC2)c1Br. The number of halogens is 1. The van der Waals surface area contributed by atoms with Gasteiger partial charge in [-0.1, -0.05) is 58.6 Å². The molecule has 0 radical (unpaired) electrons. The molecule has 1 aliphatic rings. The van der Waals surface area contributed by atoms with Gasteiger partial charge in [-0.15, -0.1) is 0 Å². The summed E-state index contributed by atoms with van der Waals surface area (Å²) >= 11 is 3.70. The molecule has 2 nitrogen and oxygen atoms in total. The number of nitrogens with two attached hydrogens (primary N) is 1. The van der Waals surface area contributed by atoms with Crippen LogP contribution in [0.4, 0.5) is 0 Å². The molecular formula is C16H23BrN2. The number of hydrazine groups is 1. The van der Waals surface area contributed by atoms with Gasteiger partial charge in [-0.2, -0.15) is 0 Å². The molecule has 1 atom stereocenters. The predicted molar refractivity (Wildman–Crippen MR) is 84.7 cm³/mol. The van der Waals surface area contributed by atoms with Crippen molar-refractivity contribution in [3.63, 3.8) is 0 Å². The molecule has 0 saturated heterocycles. The molecule has 1 aliphatic carbocycles. The second-order valence-corrected chi connectivity index (χ2v) is 6.10. The van der Waals surface area contributed by atoms with E-state index in [4.69, 9.17) is 5.84 Å². The van der Waals surface area contributed by atoms with Crippen LogP contribution in [0.2, 0.25) is 0 Å². The van der Waals surface area contributed by atoms with E-state index in [2.05, 4.69) is 52.6 Å². The minimum atomic E-state index is 0.132. The van der Waals surface area contributed by atoms with Gasteiger partial charge in [0.2, 0.25) is 0 Å². The number of nitrogens with one attached hydrogen (secondary N) is 1. The molecule has 0 aliphatic heterocycles. The van der Waals surface area contributed by atoms with Gasteiger partial charge in [0.05, 0.1) is 6.04 Å². The highest BCUT2D eigenvalue weighted by molar-refractivity contribution is 9.10. The lowest BCUT2D eigenvalue weighted by molar-refractivity contribution is 0.554.